The minimum Gasteiger partial charge on any atom is -0.478 e. The SMILES string of the molecule is C=C(C)C(=O)O.C=C(C)C(=O)O.C=C(C)C(=O)O.C=C(C)C(=O)O.C=C(C)C(=O)O.C=C(C)C(=O)O.C=CC(=O)O.C=CC(=O)O. The van der Waals surface area contributed by atoms with Crippen molar-refractivity contribution in [1.29, 1.82) is 0 Å². The maximum absolute atomic E-state index is 9.60. The highest BCUT2D eigenvalue weighted by Crippen LogP contribution is 1.83. The third-order valence-electron chi connectivity index (χ3n) is 2.54. The average Bonchev–Trinajstić information content (AvgIpc) is 2.90. The van der Waals surface area contributed by atoms with Crippen LogP contribution in [0.3, 0.4) is 0 Å². The van der Waals surface area contributed by atoms with Crippen molar-refractivity contribution in [2.45, 2.75) is 41.5 Å². The third kappa shape index (κ3) is 108. The van der Waals surface area contributed by atoms with Crippen molar-refractivity contribution in [2.75, 3.05) is 0 Å². The van der Waals surface area contributed by atoms with E-state index < -0.39 is 47.8 Å². The standard InChI is InChI=1S/6C4H6O2.2C3H4O2/c6*1-3(2)4(5)6;2*1-2-3(4)5/h6*1H2,2H3,(H,5,6);2*2H,1H2,(H,4,5). The van der Waals surface area contributed by atoms with Gasteiger partial charge in [0.05, 0.1) is 0 Å². The van der Waals surface area contributed by atoms with E-state index in [0.717, 1.165) is 12.2 Å². The number of hydrogen-bond acceptors (Lipinski definition) is 8. The molecule has 0 atom stereocenters. The molecule has 0 spiro atoms. The Bertz CT molecular complexity index is 875. The Labute approximate surface area is 266 Å². The van der Waals surface area contributed by atoms with Crippen LogP contribution in [0.1, 0.15) is 41.5 Å². The first-order valence-corrected chi connectivity index (χ1v) is 11.4. The summed E-state index contributed by atoms with van der Waals surface area (Å²) in [4.78, 5) is 76.1. The van der Waals surface area contributed by atoms with Crippen LogP contribution in [0.2, 0.25) is 0 Å². The Balaban J connectivity index is -0.0000000599. The molecule has 0 heterocycles. The summed E-state index contributed by atoms with van der Waals surface area (Å²) in [5.41, 5.74) is 1.06. The maximum atomic E-state index is 9.60. The number of carboxylic acids is 8. The van der Waals surface area contributed by atoms with Crippen molar-refractivity contribution in [3.63, 3.8) is 0 Å². The van der Waals surface area contributed by atoms with Gasteiger partial charge in [-0.25, -0.2) is 38.4 Å². The Kier molecular flexibility index (Phi) is 49.7. The monoisotopic (exact) mass is 660 g/mol. The smallest absolute Gasteiger partial charge is 0.330 e. The summed E-state index contributed by atoms with van der Waals surface area (Å²) >= 11 is 0. The lowest BCUT2D eigenvalue weighted by atomic mass is 10.4. The summed E-state index contributed by atoms with van der Waals surface area (Å²) in [6, 6.07) is 0. The second kappa shape index (κ2) is 38.7. The molecule has 0 saturated carbocycles. The third-order valence-corrected chi connectivity index (χ3v) is 2.54. The van der Waals surface area contributed by atoms with Crippen molar-refractivity contribution in [3.8, 4) is 0 Å². The number of rotatable bonds is 8. The molecule has 0 fully saturated rings. The van der Waals surface area contributed by atoms with Gasteiger partial charge in [-0.05, 0) is 41.5 Å². The number of aliphatic carboxylic acids is 8. The molecular weight excluding hydrogens is 616 g/mol. The van der Waals surface area contributed by atoms with Crippen molar-refractivity contribution >= 4 is 47.8 Å². The molecule has 0 radical (unpaired) electrons. The van der Waals surface area contributed by atoms with Gasteiger partial charge in [0.15, 0.2) is 0 Å². The van der Waals surface area contributed by atoms with E-state index in [1.165, 1.54) is 41.5 Å². The lowest BCUT2D eigenvalue weighted by molar-refractivity contribution is -0.133. The van der Waals surface area contributed by atoms with Gasteiger partial charge in [-0.1, -0.05) is 52.6 Å². The highest BCUT2D eigenvalue weighted by atomic mass is 16.4. The Morgan fingerprint density at radius 2 is 0.370 bits per heavy atom. The van der Waals surface area contributed by atoms with E-state index in [1.54, 1.807) is 0 Å². The van der Waals surface area contributed by atoms with Gasteiger partial charge in [-0.15, -0.1) is 0 Å². The molecule has 0 aliphatic heterocycles. The van der Waals surface area contributed by atoms with Crippen molar-refractivity contribution < 1.29 is 79.2 Å². The fourth-order valence-corrected chi connectivity index (χ4v) is 0. The van der Waals surface area contributed by atoms with Crippen LogP contribution >= 0.6 is 0 Å². The summed E-state index contributed by atoms with van der Waals surface area (Å²) in [6.45, 7) is 33.5. The zero-order valence-electron chi connectivity index (χ0n) is 26.7. The zero-order valence-corrected chi connectivity index (χ0v) is 26.7. The van der Waals surface area contributed by atoms with Gasteiger partial charge in [-0.3, -0.25) is 0 Å². The second-order valence-corrected chi connectivity index (χ2v) is 7.60. The van der Waals surface area contributed by atoms with E-state index in [0.29, 0.717) is 0 Å². The topological polar surface area (TPSA) is 298 Å². The van der Waals surface area contributed by atoms with E-state index in [-0.39, 0.29) is 33.4 Å². The molecule has 0 aromatic carbocycles. The molecule has 0 bridgehead atoms. The summed E-state index contributed by atoms with van der Waals surface area (Å²) < 4.78 is 0. The summed E-state index contributed by atoms with van der Waals surface area (Å²) in [6.07, 6.45) is 1.67. The predicted octanol–water partition coefficient (Wildman–Crippen LogP) is 4.40. The molecule has 46 heavy (non-hydrogen) atoms. The molecule has 16 heteroatoms. The molecule has 16 nitrogen and oxygen atoms in total. The van der Waals surface area contributed by atoms with Crippen LogP contribution < -0.4 is 0 Å². The average molecular weight is 661 g/mol. The van der Waals surface area contributed by atoms with Gasteiger partial charge in [0, 0.05) is 45.6 Å². The molecule has 260 valence electrons. The second-order valence-electron chi connectivity index (χ2n) is 7.60. The van der Waals surface area contributed by atoms with Crippen LogP contribution in [-0.4, -0.2) is 88.6 Å². The van der Waals surface area contributed by atoms with E-state index in [1.807, 2.05) is 0 Å². The number of carbonyl (C=O) groups is 8. The lowest BCUT2D eigenvalue weighted by Gasteiger charge is -1.79. The molecule has 0 rings (SSSR count). The minimum absolute atomic E-state index is 0.176. The van der Waals surface area contributed by atoms with Gasteiger partial charge >= 0.3 is 47.8 Å². The first-order valence-electron chi connectivity index (χ1n) is 11.4. The molecule has 0 unspecified atom stereocenters. The molecule has 0 aromatic rings. The first kappa shape index (κ1) is 59.2. The molecule has 0 aliphatic carbocycles. The van der Waals surface area contributed by atoms with E-state index in [2.05, 4.69) is 52.6 Å². The maximum Gasteiger partial charge on any atom is 0.330 e. The van der Waals surface area contributed by atoms with E-state index in [9.17, 15) is 38.4 Å². The molecule has 0 saturated heterocycles. The Morgan fingerprint density at radius 1 is 0.326 bits per heavy atom. The summed E-state index contributed by atoms with van der Waals surface area (Å²) in [5.74, 6) is -7.57. The van der Waals surface area contributed by atoms with Crippen molar-refractivity contribution in [1.82, 2.24) is 0 Å². The molecule has 0 amide bonds. The highest BCUT2D eigenvalue weighted by molar-refractivity contribution is 5.86. The summed E-state index contributed by atoms with van der Waals surface area (Å²) in [5, 5.41) is 62.6. The Morgan fingerprint density at radius 3 is 0.370 bits per heavy atom. The largest absolute Gasteiger partial charge is 0.478 e. The van der Waals surface area contributed by atoms with Crippen LogP contribution in [0, 0.1) is 0 Å². The summed E-state index contributed by atoms with van der Waals surface area (Å²) in [7, 11) is 0. The van der Waals surface area contributed by atoms with Gasteiger partial charge in [0.1, 0.15) is 0 Å². The van der Waals surface area contributed by atoms with Crippen molar-refractivity contribution in [3.05, 3.63) is 98.2 Å². The predicted molar refractivity (Wildman–Crippen MR) is 170 cm³/mol. The van der Waals surface area contributed by atoms with E-state index >= 15 is 0 Å². The molecule has 8 N–H and O–H groups in total. The van der Waals surface area contributed by atoms with E-state index in [4.69, 9.17) is 40.9 Å². The van der Waals surface area contributed by atoms with Crippen LogP contribution in [0.15, 0.2) is 98.2 Å². The van der Waals surface area contributed by atoms with Gasteiger partial charge in [-0.2, -0.15) is 0 Å². The van der Waals surface area contributed by atoms with Crippen LogP contribution in [0.5, 0.6) is 0 Å². The van der Waals surface area contributed by atoms with Crippen LogP contribution in [0.25, 0.3) is 0 Å². The molecule has 0 aromatic heterocycles. The minimum atomic E-state index is -0.981. The first-order chi connectivity index (χ1) is 20.4. The highest BCUT2D eigenvalue weighted by Gasteiger charge is 1.92. The normalized spacial score (nSPS) is 7.26. The van der Waals surface area contributed by atoms with Gasteiger partial charge < -0.3 is 40.9 Å². The lowest BCUT2D eigenvalue weighted by Crippen LogP contribution is -1.92. The fourth-order valence-electron chi connectivity index (χ4n) is 0. The van der Waals surface area contributed by atoms with Crippen LogP contribution in [-0.2, 0) is 38.4 Å². The fraction of sp³-hybridized carbons (Fsp3) is 0.200. The number of hydrogen-bond donors (Lipinski definition) is 8. The Hall–Kier alpha value is -6.32. The quantitative estimate of drug-likeness (QED) is 0.167. The van der Waals surface area contributed by atoms with Gasteiger partial charge in [0.2, 0.25) is 0 Å². The zero-order chi connectivity index (χ0) is 39.5. The molecule has 0 aliphatic rings. The van der Waals surface area contributed by atoms with Crippen LogP contribution in [0.4, 0.5) is 0 Å². The van der Waals surface area contributed by atoms with Crippen molar-refractivity contribution in [2.24, 2.45) is 0 Å². The van der Waals surface area contributed by atoms with Gasteiger partial charge in [0.25, 0.3) is 0 Å². The molecular formula is C30H44O16. The number of carboxylic acid groups (broad SMARTS) is 8.